The molecule has 4 aromatic carbocycles. The Morgan fingerprint density at radius 2 is 1.07 bits per heavy atom. The number of hydrogen-bond acceptors (Lipinski definition) is 11. The molecule has 0 aliphatic heterocycles. The maximum absolute atomic E-state index is 12.7. The molecule has 11 nitrogen and oxygen atoms in total. The van der Waals surface area contributed by atoms with Crippen molar-refractivity contribution in [3.8, 4) is 68.6 Å². The largest absolute Gasteiger partial charge is 0.508 e. The van der Waals surface area contributed by atoms with E-state index in [9.17, 15) is 40.2 Å². The zero-order valence-corrected chi connectivity index (χ0v) is 20.7. The first kappa shape index (κ1) is 25.2. The van der Waals surface area contributed by atoms with Crippen molar-refractivity contribution in [3.63, 3.8) is 0 Å². The van der Waals surface area contributed by atoms with Gasteiger partial charge >= 0.3 is 0 Å². The fourth-order valence-corrected chi connectivity index (χ4v) is 4.40. The first-order chi connectivity index (χ1) is 19.6. The molecule has 0 unspecified atom stereocenters. The van der Waals surface area contributed by atoms with Crippen LogP contribution in [0.5, 0.6) is 46.0 Å². The van der Waals surface area contributed by atoms with Gasteiger partial charge in [-0.25, -0.2) is 0 Å². The number of hydrogen-bond donors (Lipinski definition) is 6. The van der Waals surface area contributed by atoms with Gasteiger partial charge in [-0.2, -0.15) is 0 Å². The minimum Gasteiger partial charge on any atom is -0.508 e. The normalized spacial score (nSPS) is 11.2. The predicted molar refractivity (Wildman–Crippen MR) is 146 cm³/mol. The number of aromatic hydroxyl groups is 6. The quantitative estimate of drug-likeness (QED) is 0.156. The van der Waals surface area contributed by atoms with Gasteiger partial charge in [-0.3, -0.25) is 9.59 Å². The highest BCUT2D eigenvalue weighted by molar-refractivity contribution is 5.87. The molecule has 0 bridgehead atoms. The van der Waals surface area contributed by atoms with Gasteiger partial charge in [-0.1, -0.05) is 0 Å². The van der Waals surface area contributed by atoms with Gasteiger partial charge in [-0.15, -0.1) is 0 Å². The van der Waals surface area contributed by atoms with Crippen LogP contribution in [0, 0.1) is 0 Å². The topological polar surface area (TPSA) is 191 Å². The molecule has 0 aliphatic carbocycles. The molecule has 11 heteroatoms. The van der Waals surface area contributed by atoms with Crippen molar-refractivity contribution in [1.29, 1.82) is 0 Å². The van der Waals surface area contributed by atoms with Crippen LogP contribution in [0.2, 0.25) is 0 Å². The van der Waals surface area contributed by atoms with E-state index in [1.54, 1.807) is 0 Å². The molecule has 204 valence electrons. The van der Waals surface area contributed by atoms with Gasteiger partial charge in [-0.05, 0) is 36.4 Å². The number of ether oxygens (including phenoxy) is 1. The second-order valence-electron chi connectivity index (χ2n) is 9.09. The van der Waals surface area contributed by atoms with Gasteiger partial charge in [0.15, 0.2) is 33.9 Å². The molecule has 0 radical (unpaired) electrons. The van der Waals surface area contributed by atoms with Crippen LogP contribution in [-0.4, -0.2) is 30.6 Å². The SMILES string of the molecule is O=c1cc(-c2ccc(Oc3cc(O)c4c(=O)cc(-c5ccc(O)c(O)c5)oc4c3)c(O)c2)oc2cc(O)cc(O)c12. The van der Waals surface area contributed by atoms with E-state index in [0.29, 0.717) is 5.56 Å². The van der Waals surface area contributed by atoms with E-state index in [-0.39, 0.29) is 67.8 Å². The van der Waals surface area contributed by atoms with Crippen LogP contribution in [0.15, 0.2) is 91.2 Å². The smallest absolute Gasteiger partial charge is 0.197 e. The Balaban J connectivity index is 1.36. The van der Waals surface area contributed by atoms with Crippen molar-refractivity contribution in [2.45, 2.75) is 0 Å². The van der Waals surface area contributed by atoms with Crippen LogP contribution in [0.25, 0.3) is 44.6 Å². The fourth-order valence-electron chi connectivity index (χ4n) is 4.40. The Morgan fingerprint density at radius 3 is 1.68 bits per heavy atom. The molecule has 0 aliphatic rings. The predicted octanol–water partition coefficient (Wildman–Crippen LogP) is 5.26. The Kier molecular flexibility index (Phi) is 5.70. The number of phenolic OH excluding ortho intramolecular Hbond substituents is 6. The lowest BCUT2D eigenvalue weighted by molar-refractivity contribution is 0.404. The minimum absolute atomic E-state index is 0.00934. The van der Waals surface area contributed by atoms with Crippen LogP contribution in [-0.2, 0) is 0 Å². The first-order valence-electron chi connectivity index (χ1n) is 11.9. The average Bonchev–Trinajstić information content (AvgIpc) is 2.90. The Hall–Kier alpha value is -6.10. The molecule has 2 aromatic heterocycles. The fraction of sp³-hybridized carbons (Fsp3) is 0. The summed E-state index contributed by atoms with van der Waals surface area (Å²) in [5.74, 6) is -2.24. The second-order valence-corrected chi connectivity index (χ2v) is 9.09. The molecule has 0 amide bonds. The third-order valence-electron chi connectivity index (χ3n) is 6.31. The summed E-state index contributed by atoms with van der Waals surface area (Å²) in [5, 5.41) is 60.0. The number of phenols is 6. The summed E-state index contributed by atoms with van der Waals surface area (Å²) in [6, 6.07) is 15.0. The highest BCUT2D eigenvalue weighted by Crippen LogP contribution is 2.39. The van der Waals surface area contributed by atoms with Gasteiger partial charge in [0, 0.05) is 47.5 Å². The standard InChI is InChI=1S/C30H18O11/c31-15-7-20(35)29-22(37)11-26(40-27(29)8-15)14-2-4-24(19(34)6-14)39-16-9-21(36)30-23(38)12-25(41-28(30)10-16)13-1-3-17(32)18(33)5-13/h1-12,31-36H. The van der Waals surface area contributed by atoms with E-state index in [1.165, 1.54) is 54.6 Å². The maximum Gasteiger partial charge on any atom is 0.197 e. The lowest BCUT2D eigenvalue weighted by Gasteiger charge is -2.11. The van der Waals surface area contributed by atoms with Gasteiger partial charge in [0.25, 0.3) is 0 Å². The molecule has 6 rings (SSSR count). The van der Waals surface area contributed by atoms with Crippen LogP contribution >= 0.6 is 0 Å². The second kappa shape index (κ2) is 9.27. The monoisotopic (exact) mass is 554 g/mol. The van der Waals surface area contributed by atoms with Crippen molar-refractivity contribution >= 4 is 21.9 Å². The number of benzene rings is 4. The molecule has 2 heterocycles. The maximum atomic E-state index is 12.7. The summed E-state index contributed by atoms with van der Waals surface area (Å²) in [6.45, 7) is 0. The summed E-state index contributed by atoms with van der Waals surface area (Å²) in [5.41, 5.74) is -0.650. The van der Waals surface area contributed by atoms with E-state index in [0.717, 1.165) is 18.2 Å². The Bertz CT molecular complexity index is 2140. The first-order valence-corrected chi connectivity index (χ1v) is 11.9. The number of fused-ring (bicyclic) bond motifs is 2. The van der Waals surface area contributed by atoms with Crippen LogP contribution < -0.4 is 15.6 Å². The highest BCUT2D eigenvalue weighted by Gasteiger charge is 2.17. The summed E-state index contributed by atoms with van der Waals surface area (Å²) >= 11 is 0. The van der Waals surface area contributed by atoms with Crippen LogP contribution in [0.1, 0.15) is 0 Å². The molecule has 0 atom stereocenters. The van der Waals surface area contributed by atoms with Crippen molar-refractivity contribution < 1.29 is 44.2 Å². The zero-order valence-electron chi connectivity index (χ0n) is 20.7. The van der Waals surface area contributed by atoms with Crippen LogP contribution in [0.3, 0.4) is 0 Å². The third-order valence-corrected chi connectivity index (χ3v) is 6.31. The third kappa shape index (κ3) is 4.46. The van der Waals surface area contributed by atoms with Crippen molar-refractivity contribution in [3.05, 3.63) is 93.2 Å². The van der Waals surface area contributed by atoms with Crippen LogP contribution in [0.4, 0.5) is 0 Å². The summed E-state index contributed by atoms with van der Waals surface area (Å²) < 4.78 is 17.2. The lowest BCUT2D eigenvalue weighted by Crippen LogP contribution is -2.01. The number of rotatable bonds is 4. The molecule has 0 fully saturated rings. The molecular formula is C30H18O11. The molecule has 0 saturated carbocycles. The van der Waals surface area contributed by atoms with Gasteiger partial charge in [0.05, 0.1) is 0 Å². The van der Waals surface area contributed by atoms with E-state index in [2.05, 4.69) is 0 Å². The lowest BCUT2D eigenvalue weighted by atomic mass is 10.1. The molecule has 6 N–H and O–H groups in total. The minimum atomic E-state index is -0.566. The molecule has 6 aromatic rings. The molecular weight excluding hydrogens is 536 g/mol. The van der Waals surface area contributed by atoms with E-state index in [1.807, 2.05) is 0 Å². The zero-order chi connectivity index (χ0) is 29.0. The van der Waals surface area contributed by atoms with Gasteiger partial charge < -0.3 is 44.2 Å². The van der Waals surface area contributed by atoms with E-state index in [4.69, 9.17) is 13.6 Å². The molecule has 0 spiro atoms. The van der Waals surface area contributed by atoms with E-state index >= 15 is 0 Å². The van der Waals surface area contributed by atoms with Gasteiger partial charge in [0.1, 0.15) is 56.5 Å². The van der Waals surface area contributed by atoms with Crippen molar-refractivity contribution in [1.82, 2.24) is 0 Å². The summed E-state index contributed by atoms with van der Waals surface area (Å²) in [7, 11) is 0. The molecule has 0 saturated heterocycles. The Morgan fingerprint density at radius 1 is 0.512 bits per heavy atom. The van der Waals surface area contributed by atoms with Crippen molar-refractivity contribution in [2.75, 3.05) is 0 Å². The van der Waals surface area contributed by atoms with Crippen molar-refractivity contribution in [2.24, 2.45) is 0 Å². The summed E-state index contributed by atoms with van der Waals surface area (Å²) in [6.07, 6.45) is 0. The Labute approximate surface area is 228 Å². The summed E-state index contributed by atoms with van der Waals surface area (Å²) in [4.78, 5) is 25.3. The average molecular weight is 554 g/mol. The molecule has 41 heavy (non-hydrogen) atoms. The van der Waals surface area contributed by atoms with Gasteiger partial charge in [0.2, 0.25) is 0 Å². The highest BCUT2D eigenvalue weighted by atomic mass is 16.5. The van der Waals surface area contributed by atoms with E-state index < -0.39 is 28.1 Å².